The maximum atomic E-state index is 13.2. The molecular formula is C54H95NO5. The van der Waals surface area contributed by atoms with E-state index in [0.717, 1.165) is 64.2 Å². The lowest BCUT2D eigenvalue weighted by Crippen LogP contribution is -2.46. The summed E-state index contributed by atoms with van der Waals surface area (Å²) in [6.07, 6.45) is 59.7. The first kappa shape index (κ1) is 57.3. The summed E-state index contributed by atoms with van der Waals surface area (Å²) < 4.78 is 5.86. The fraction of sp³-hybridized carbons (Fsp3) is 0.741. The Morgan fingerprint density at radius 2 is 0.933 bits per heavy atom. The average molecular weight is 838 g/mol. The Balaban J connectivity index is 4.76. The molecule has 1 amide bonds. The normalized spacial score (nSPS) is 13.9. The molecule has 0 heterocycles. The van der Waals surface area contributed by atoms with Gasteiger partial charge in [-0.2, -0.15) is 0 Å². The van der Waals surface area contributed by atoms with Crippen LogP contribution in [0.5, 0.6) is 0 Å². The van der Waals surface area contributed by atoms with Gasteiger partial charge >= 0.3 is 5.97 Å². The van der Waals surface area contributed by atoms with Crippen LogP contribution < -0.4 is 5.32 Å². The van der Waals surface area contributed by atoms with Gasteiger partial charge in [0.25, 0.3) is 0 Å². The summed E-state index contributed by atoms with van der Waals surface area (Å²) in [5, 5.41) is 23.7. The minimum Gasteiger partial charge on any atom is -0.461 e. The van der Waals surface area contributed by atoms with E-state index in [1.165, 1.54) is 122 Å². The van der Waals surface area contributed by atoms with Gasteiger partial charge in [-0.15, -0.1) is 0 Å². The number of aliphatic hydroxyl groups excluding tert-OH is 2. The number of nitrogens with one attached hydrogen (secondary N) is 1. The number of rotatable bonds is 44. The Labute approximate surface area is 371 Å². The fourth-order valence-electron chi connectivity index (χ4n) is 7.16. The summed E-state index contributed by atoms with van der Waals surface area (Å²) in [5.74, 6) is -0.592. The highest BCUT2D eigenvalue weighted by Crippen LogP contribution is 2.16. The van der Waals surface area contributed by atoms with Gasteiger partial charge in [-0.25, -0.2) is 0 Å². The van der Waals surface area contributed by atoms with Crippen LogP contribution >= 0.6 is 0 Å². The van der Waals surface area contributed by atoms with Crippen LogP contribution in [0.15, 0.2) is 72.9 Å². The van der Waals surface area contributed by atoms with Crippen molar-refractivity contribution in [2.75, 3.05) is 6.61 Å². The van der Waals surface area contributed by atoms with E-state index in [0.29, 0.717) is 19.3 Å². The van der Waals surface area contributed by atoms with Crippen molar-refractivity contribution in [1.29, 1.82) is 0 Å². The second-order valence-electron chi connectivity index (χ2n) is 16.9. The third kappa shape index (κ3) is 42.0. The van der Waals surface area contributed by atoms with Gasteiger partial charge in [0.1, 0.15) is 6.10 Å². The van der Waals surface area contributed by atoms with Crippen LogP contribution in [0.25, 0.3) is 0 Å². The minimum absolute atomic E-state index is 0.00543. The predicted octanol–water partition coefficient (Wildman–Crippen LogP) is 15.0. The number of hydrogen-bond donors (Lipinski definition) is 3. The van der Waals surface area contributed by atoms with Crippen molar-refractivity contribution in [3.63, 3.8) is 0 Å². The molecule has 3 unspecified atom stereocenters. The van der Waals surface area contributed by atoms with Crippen LogP contribution in [0, 0.1) is 0 Å². The molecule has 0 spiro atoms. The van der Waals surface area contributed by atoms with E-state index < -0.39 is 18.2 Å². The van der Waals surface area contributed by atoms with Crippen molar-refractivity contribution in [3.8, 4) is 0 Å². The molecule has 0 aliphatic heterocycles. The minimum atomic E-state index is -0.814. The highest BCUT2D eigenvalue weighted by atomic mass is 16.5. The molecule has 0 aliphatic carbocycles. The molecule has 0 fully saturated rings. The van der Waals surface area contributed by atoms with Gasteiger partial charge in [0, 0.05) is 12.8 Å². The van der Waals surface area contributed by atoms with Gasteiger partial charge < -0.3 is 20.3 Å². The standard InChI is InChI=1S/C54H95NO5/c1-4-7-10-13-16-19-22-24-26-28-31-33-36-39-42-45-50(60-54(59)47-44-41-38-35-32-29-27-25-23-20-17-14-11-8-5-2)48-53(58)55-51(49-56)52(57)46-43-40-37-34-30-21-18-15-12-9-6-3/h16-17,19-20,23-26,31,33,39,42,50-52,56-57H,4-15,18,21-22,27-30,32,34-38,40-41,43-49H2,1-3H3,(H,55,58)/b19-16-,20-17+,25-23+,26-24-,33-31-,42-39-. The summed E-state index contributed by atoms with van der Waals surface area (Å²) in [7, 11) is 0. The lowest BCUT2D eigenvalue weighted by Gasteiger charge is -2.24. The van der Waals surface area contributed by atoms with Crippen LogP contribution in [0.4, 0.5) is 0 Å². The van der Waals surface area contributed by atoms with E-state index in [2.05, 4.69) is 86.8 Å². The van der Waals surface area contributed by atoms with Crippen LogP contribution in [0.1, 0.15) is 233 Å². The van der Waals surface area contributed by atoms with E-state index >= 15 is 0 Å². The summed E-state index contributed by atoms with van der Waals surface area (Å²) in [5.41, 5.74) is 0. The molecule has 3 N–H and O–H groups in total. The summed E-state index contributed by atoms with van der Waals surface area (Å²) in [4.78, 5) is 26.1. The maximum Gasteiger partial charge on any atom is 0.306 e. The molecule has 0 aromatic heterocycles. The molecule has 0 aliphatic rings. The van der Waals surface area contributed by atoms with Gasteiger partial charge in [-0.1, -0.05) is 216 Å². The second kappa shape index (κ2) is 47.4. The molecule has 0 radical (unpaired) electrons. The average Bonchev–Trinajstić information content (AvgIpc) is 3.24. The summed E-state index contributed by atoms with van der Waals surface area (Å²) in [6, 6.07) is -0.735. The second-order valence-corrected chi connectivity index (χ2v) is 16.9. The van der Waals surface area contributed by atoms with Crippen LogP contribution in [-0.4, -0.2) is 46.9 Å². The highest BCUT2D eigenvalue weighted by molar-refractivity contribution is 5.77. The molecule has 346 valence electrons. The molecule has 0 rings (SSSR count). The van der Waals surface area contributed by atoms with Crippen molar-refractivity contribution in [1.82, 2.24) is 5.32 Å². The topological polar surface area (TPSA) is 95.9 Å². The largest absolute Gasteiger partial charge is 0.461 e. The van der Waals surface area contributed by atoms with Gasteiger partial charge in [0.05, 0.1) is 25.2 Å². The molecule has 3 atom stereocenters. The number of amides is 1. The van der Waals surface area contributed by atoms with E-state index in [-0.39, 0.29) is 24.9 Å². The zero-order valence-electron chi connectivity index (χ0n) is 39.3. The molecule has 60 heavy (non-hydrogen) atoms. The number of allylic oxidation sites excluding steroid dienone is 11. The SMILES string of the molecule is CCCCC/C=C\C/C=C\C/C=C\C/C=C\CC(CC(=O)NC(CO)C(O)CCCCCCCCCCCCC)OC(=O)CCCCCCCC/C=C/C=C/CCCCC. The van der Waals surface area contributed by atoms with Gasteiger partial charge in [-0.3, -0.25) is 9.59 Å². The number of ether oxygens (including phenoxy) is 1. The number of aliphatic hydroxyl groups is 2. The first-order valence-corrected chi connectivity index (χ1v) is 25.2. The Hall–Kier alpha value is -2.70. The third-order valence-corrected chi connectivity index (χ3v) is 11.0. The maximum absolute atomic E-state index is 13.2. The van der Waals surface area contributed by atoms with Crippen molar-refractivity contribution in [2.24, 2.45) is 0 Å². The first-order valence-electron chi connectivity index (χ1n) is 25.2. The number of hydrogen-bond acceptors (Lipinski definition) is 5. The van der Waals surface area contributed by atoms with Crippen molar-refractivity contribution in [3.05, 3.63) is 72.9 Å². The monoisotopic (exact) mass is 838 g/mol. The van der Waals surface area contributed by atoms with Crippen molar-refractivity contribution in [2.45, 2.75) is 251 Å². The first-order chi connectivity index (χ1) is 29.5. The molecule has 0 aromatic rings. The van der Waals surface area contributed by atoms with Crippen LogP contribution in [0.2, 0.25) is 0 Å². The van der Waals surface area contributed by atoms with Crippen molar-refractivity contribution >= 4 is 11.9 Å². The third-order valence-electron chi connectivity index (χ3n) is 11.0. The zero-order valence-corrected chi connectivity index (χ0v) is 39.3. The Kier molecular flexibility index (Phi) is 45.2. The Morgan fingerprint density at radius 1 is 0.517 bits per heavy atom. The molecule has 6 nitrogen and oxygen atoms in total. The van der Waals surface area contributed by atoms with E-state index in [1.807, 2.05) is 12.2 Å². The number of carbonyl (C=O) groups is 2. The summed E-state index contributed by atoms with van der Waals surface area (Å²) >= 11 is 0. The zero-order chi connectivity index (χ0) is 43.8. The molecule has 6 heteroatoms. The van der Waals surface area contributed by atoms with Gasteiger partial charge in [0.15, 0.2) is 0 Å². The smallest absolute Gasteiger partial charge is 0.306 e. The van der Waals surface area contributed by atoms with Crippen molar-refractivity contribution < 1.29 is 24.5 Å². The lowest BCUT2D eigenvalue weighted by atomic mass is 10.0. The van der Waals surface area contributed by atoms with Crippen LogP contribution in [0.3, 0.4) is 0 Å². The van der Waals surface area contributed by atoms with E-state index in [4.69, 9.17) is 4.74 Å². The summed E-state index contributed by atoms with van der Waals surface area (Å²) in [6.45, 7) is 6.38. The number of unbranched alkanes of at least 4 members (excludes halogenated alkanes) is 22. The Bertz CT molecular complexity index is 1120. The van der Waals surface area contributed by atoms with Gasteiger partial charge in [-0.05, 0) is 70.6 Å². The fourth-order valence-corrected chi connectivity index (χ4v) is 7.16. The molecule has 0 bridgehead atoms. The lowest BCUT2D eigenvalue weighted by molar-refractivity contribution is -0.150. The molecule has 0 aromatic carbocycles. The Morgan fingerprint density at radius 3 is 1.47 bits per heavy atom. The van der Waals surface area contributed by atoms with Gasteiger partial charge in [0.2, 0.25) is 5.91 Å². The highest BCUT2D eigenvalue weighted by Gasteiger charge is 2.23. The molecule has 0 saturated heterocycles. The molecule has 0 saturated carbocycles. The number of carbonyl (C=O) groups excluding carboxylic acids is 2. The van der Waals surface area contributed by atoms with E-state index in [1.54, 1.807) is 0 Å². The van der Waals surface area contributed by atoms with Crippen LogP contribution in [-0.2, 0) is 14.3 Å². The number of esters is 1. The quantitative estimate of drug-likeness (QED) is 0.0246. The molecular weight excluding hydrogens is 743 g/mol. The predicted molar refractivity (Wildman–Crippen MR) is 259 cm³/mol. The van der Waals surface area contributed by atoms with E-state index in [9.17, 15) is 19.8 Å².